The summed E-state index contributed by atoms with van der Waals surface area (Å²) >= 11 is 1.49. The predicted octanol–water partition coefficient (Wildman–Crippen LogP) is 2.71. The second kappa shape index (κ2) is 7.28. The molecule has 134 valence electrons. The molecule has 0 amide bonds. The number of aromatic nitrogens is 3. The molecule has 3 heterocycles. The van der Waals surface area contributed by atoms with E-state index in [0.717, 1.165) is 36.1 Å². The predicted molar refractivity (Wildman–Crippen MR) is 96.9 cm³/mol. The molecule has 0 saturated carbocycles. The minimum absolute atomic E-state index is 0.0598. The fraction of sp³-hybridized carbons (Fsp3) is 0.533. The number of aryl methyl sites for hydroxylation is 1. The van der Waals surface area contributed by atoms with Crippen LogP contribution in [-0.4, -0.2) is 37.9 Å². The van der Waals surface area contributed by atoms with Crippen molar-refractivity contribution in [1.82, 2.24) is 19.9 Å². The molecule has 1 aliphatic rings. The van der Waals surface area contributed by atoms with Gasteiger partial charge in [0.25, 0.3) is 0 Å². The van der Waals surface area contributed by atoms with Crippen molar-refractivity contribution in [1.29, 1.82) is 0 Å². The number of rotatable bonds is 5. The first-order valence-electron chi connectivity index (χ1n) is 8.14. The normalized spacial score (nSPS) is 16.1. The molecular weight excluding hydrogens is 342 g/mol. The van der Waals surface area contributed by atoms with E-state index in [1.807, 2.05) is 6.92 Å². The maximum atomic E-state index is 11.2. The van der Waals surface area contributed by atoms with Crippen molar-refractivity contribution in [3.05, 3.63) is 27.0 Å². The van der Waals surface area contributed by atoms with E-state index in [0.29, 0.717) is 5.13 Å². The quantitative estimate of drug-likeness (QED) is 0.614. The molecule has 1 aliphatic heterocycles. The number of nitrogens with zero attached hydrogens (tertiary/aromatic N) is 5. The molecule has 0 atom stereocenters. The molecule has 3 N–H and O–H groups in total. The number of nitro groups is 1. The van der Waals surface area contributed by atoms with Crippen molar-refractivity contribution in [2.24, 2.45) is 5.92 Å². The highest BCUT2D eigenvalue weighted by Crippen LogP contribution is 2.32. The first kappa shape index (κ1) is 17.5. The Balaban J connectivity index is 1.75. The van der Waals surface area contributed by atoms with Gasteiger partial charge in [-0.15, -0.1) is 11.3 Å². The number of nitrogens with two attached hydrogens (primary N) is 1. The number of hydrogen-bond donors (Lipinski definition) is 2. The Kier molecular flexibility index (Phi) is 5.09. The fourth-order valence-electron chi connectivity index (χ4n) is 2.82. The third kappa shape index (κ3) is 4.02. The summed E-state index contributed by atoms with van der Waals surface area (Å²) in [6.45, 7) is 7.28. The van der Waals surface area contributed by atoms with Crippen LogP contribution in [0.1, 0.15) is 30.3 Å². The van der Waals surface area contributed by atoms with Crippen LogP contribution in [-0.2, 0) is 6.54 Å². The lowest BCUT2D eigenvalue weighted by atomic mass is 9.99. The molecule has 1 saturated heterocycles. The van der Waals surface area contributed by atoms with E-state index in [2.05, 4.69) is 32.1 Å². The lowest BCUT2D eigenvalue weighted by Crippen LogP contribution is -2.32. The van der Waals surface area contributed by atoms with Crippen LogP contribution in [0.25, 0.3) is 0 Å². The van der Waals surface area contributed by atoms with Crippen LogP contribution in [0.5, 0.6) is 0 Å². The van der Waals surface area contributed by atoms with E-state index in [-0.39, 0.29) is 17.3 Å². The lowest BCUT2D eigenvalue weighted by molar-refractivity contribution is -0.383. The molecule has 25 heavy (non-hydrogen) atoms. The molecule has 0 bridgehead atoms. The smallest absolute Gasteiger partial charge is 0.353 e. The Bertz CT molecular complexity index is 771. The number of anilines is 3. The molecule has 2 aromatic heterocycles. The minimum atomic E-state index is -0.589. The van der Waals surface area contributed by atoms with Gasteiger partial charge in [0.05, 0.1) is 10.6 Å². The third-order valence-electron chi connectivity index (χ3n) is 4.39. The standard InChI is InChI=1S/C15H21N7O2S/c1-9-3-5-21(6-4-9)7-11-10(2)19-15(25-11)20-14-12(22(23)24)13(16)17-8-18-14/h8-9H,3-7H2,1-2H3,(H3,16,17,18,19,20). The maximum Gasteiger partial charge on any atom is 0.353 e. The van der Waals surface area contributed by atoms with Gasteiger partial charge in [-0.25, -0.2) is 15.0 Å². The highest BCUT2D eigenvalue weighted by molar-refractivity contribution is 7.15. The van der Waals surface area contributed by atoms with E-state index in [1.165, 1.54) is 30.5 Å². The van der Waals surface area contributed by atoms with Crippen molar-refractivity contribution in [2.45, 2.75) is 33.2 Å². The highest BCUT2D eigenvalue weighted by atomic mass is 32.1. The van der Waals surface area contributed by atoms with Crippen molar-refractivity contribution in [3.8, 4) is 0 Å². The summed E-state index contributed by atoms with van der Waals surface area (Å²) in [5.74, 6) is 0.683. The number of nitrogens with one attached hydrogen (secondary N) is 1. The van der Waals surface area contributed by atoms with Crippen molar-refractivity contribution < 1.29 is 4.92 Å². The Hall–Kier alpha value is -2.33. The summed E-state index contributed by atoms with van der Waals surface area (Å²) in [5, 5.41) is 14.7. The Labute approximate surface area is 149 Å². The SMILES string of the molecule is Cc1nc(Nc2ncnc(N)c2[N+](=O)[O-])sc1CN1CCC(C)CC1. The molecule has 0 spiro atoms. The van der Waals surface area contributed by atoms with Crippen LogP contribution in [0.15, 0.2) is 6.33 Å². The molecule has 1 fully saturated rings. The molecular formula is C15H21N7O2S. The van der Waals surface area contributed by atoms with Gasteiger partial charge in [0.2, 0.25) is 11.6 Å². The largest absolute Gasteiger partial charge is 0.378 e. The highest BCUT2D eigenvalue weighted by Gasteiger charge is 2.23. The second-order valence-corrected chi connectivity index (χ2v) is 7.41. The molecule has 0 aromatic carbocycles. The average molecular weight is 363 g/mol. The van der Waals surface area contributed by atoms with Gasteiger partial charge in [0.15, 0.2) is 5.13 Å². The zero-order valence-electron chi connectivity index (χ0n) is 14.2. The Morgan fingerprint density at radius 1 is 1.44 bits per heavy atom. The van der Waals surface area contributed by atoms with Gasteiger partial charge in [0.1, 0.15) is 6.33 Å². The van der Waals surface area contributed by atoms with Gasteiger partial charge in [-0.2, -0.15) is 0 Å². The monoisotopic (exact) mass is 363 g/mol. The van der Waals surface area contributed by atoms with Crippen molar-refractivity contribution in [2.75, 3.05) is 24.1 Å². The number of thiazole rings is 1. The summed E-state index contributed by atoms with van der Waals surface area (Å²) in [5.41, 5.74) is 6.18. The van der Waals surface area contributed by atoms with E-state index in [4.69, 9.17) is 5.73 Å². The number of hydrogen-bond acceptors (Lipinski definition) is 9. The minimum Gasteiger partial charge on any atom is -0.378 e. The van der Waals surface area contributed by atoms with Crippen LogP contribution >= 0.6 is 11.3 Å². The maximum absolute atomic E-state index is 11.2. The number of likely N-dealkylation sites (tertiary alicyclic amines) is 1. The molecule has 0 aliphatic carbocycles. The van der Waals surface area contributed by atoms with Gasteiger partial charge in [-0.05, 0) is 38.8 Å². The molecule has 3 rings (SSSR count). The summed E-state index contributed by atoms with van der Waals surface area (Å²) in [6.07, 6.45) is 3.63. The summed E-state index contributed by atoms with van der Waals surface area (Å²) < 4.78 is 0. The van der Waals surface area contributed by atoms with Gasteiger partial charge in [0, 0.05) is 11.4 Å². The fourth-order valence-corrected chi connectivity index (χ4v) is 3.82. The number of nitrogen functional groups attached to an aromatic ring is 1. The first-order chi connectivity index (χ1) is 11.9. The van der Waals surface area contributed by atoms with Crippen LogP contribution in [0.4, 0.5) is 22.5 Å². The Morgan fingerprint density at radius 2 is 2.16 bits per heavy atom. The first-order valence-corrected chi connectivity index (χ1v) is 8.96. The summed E-state index contributed by atoms with van der Waals surface area (Å²) in [7, 11) is 0. The molecule has 2 aromatic rings. The van der Waals surface area contributed by atoms with Crippen molar-refractivity contribution >= 4 is 33.8 Å². The summed E-state index contributed by atoms with van der Waals surface area (Å²) in [4.78, 5) is 26.2. The zero-order valence-corrected chi connectivity index (χ0v) is 15.0. The van der Waals surface area contributed by atoms with E-state index < -0.39 is 4.92 Å². The Morgan fingerprint density at radius 3 is 2.84 bits per heavy atom. The van der Waals surface area contributed by atoms with Gasteiger partial charge >= 0.3 is 5.69 Å². The summed E-state index contributed by atoms with van der Waals surface area (Å²) in [6, 6.07) is 0. The van der Waals surface area contributed by atoms with E-state index in [9.17, 15) is 10.1 Å². The van der Waals surface area contributed by atoms with Crippen molar-refractivity contribution in [3.63, 3.8) is 0 Å². The molecule has 10 heteroatoms. The number of piperidine rings is 1. The molecule has 0 unspecified atom stereocenters. The molecule has 0 radical (unpaired) electrons. The van der Waals surface area contributed by atoms with E-state index >= 15 is 0 Å². The molecule has 9 nitrogen and oxygen atoms in total. The lowest BCUT2D eigenvalue weighted by Gasteiger charge is -2.29. The van der Waals surface area contributed by atoms with Gasteiger partial charge < -0.3 is 11.1 Å². The van der Waals surface area contributed by atoms with Gasteiger partial charge in [-0.1, -0.05) is 6.92 Å². The zero-order chi connectivity index (χ0) is 18.0. The second-order valence-electron chi connectivity index (χ2n) is 6.32. The van der Waals surface area contributed by atoms with E-state index in [1.54, 1.807) is 0 Å². The third-order valence-corrected chi connectivity index (χ3v) is 5.45. The topological polar surface area (TPSA) is 123 Å². The van der Waals surface area contributed by atoms with Crippen LogP contribution in [0.2, 0.25) is 0 Å². The van der Waals surface area contributed by atoms with Crippen LogP contribution in [0.3, 0.4) is 0 Å². The average Bonchev–Trinajstić information content (AvgIpc) is 2.88. The van der Waals surface area contributed by atoms with Crippen LogP contribution in [0, 0.1) is 23.0 Å². The van der Waals surface area contributed by atoms with Gasteiger partial charge in [-0.3, -0.25) is 15.0 Å². The van der Waals surface area contributed by atoms with Crippen LogP contribution < -0.4 is 11.1 Å².